The third-order valence-corrected chi connectivity index (χ3v) is 7.23. The van der Waals surface area contributed by atoms with E-state index in [2.05, 4.69) is 26.5 Å². The highest BCUT2D eigenvalue weighted by Crippen LogP contribution is 2.60. The second-order valence-electron chi connectivity index (χ2n) is 8.46. The van der Waals surface area contributed by atoms with Crippen LogP contribution in [0.15, 0.2) is 23.8 Å². The molecule has 0 aromatic carbocycles. The molecule has 4 rings (SSSR count). The molecule has 4 aliphatic carbocycles. The summed E-state index contributed by atoms with van der Waals surface area (Å²) < 4.78 is 0. The molecular weight excluding hydrogens is 240 g/mol. The Labute approximate surface area is 124 Å². The molecule has 0 amide bonds. The van der Waals surface area contributed by atoms with E-state index < -0.39 is 0 Å². The fourth-order valence-corrected chi connectivity index (χ4v) is 6.04. The maximum atomic E-state index is 4.65. The number of hydrogen-bond donors (Lipinski definition) is 0. The van der Waals surface area contributed by atoms with Gasteiger partial charge in [0.25, 0.3) is 0 Å². The number of allylic oxidation sites excluding steroid dienone is 3. The summed E-state index contributed by atoms with van der Waals surface area (Å²) in [7, 11) is 0. The van der Waals surface area contributed by atoms with Crippen molar-refractivity contribution in [2.24, 2.45) is 41.4 Å². The zero-order chi connectivity index (χ0) is 13.9. The average molecular weight is 270 g/mol. The summed E-state index contributed by atoms with van der Waals surface area (Å²) in [6, 6.07) is 0. The highest BCUT2D eigenvalue weighted by atomic mass is 14.5. The Morgan fingerprint density at radius 3 is 2.55 bits per heavy atom. The molecule has 0 nitrogen and oxygen atoms in total. The van der Waals surface area contributed by atoms with Crippen LogP contribution in [0.4, 0.5) is 0 Å². The van der Waals surface area contributed by atoms with Crippen LogP contribution in [0.3, 0.4) is 0 Å². The van der Waals surface area contributed by atoms with Crippen molar-refractivity contribution in [2.45, 2.75) is 58.8 Å². The maximum Gasteiger partial charge on any atom is -0.0114 e. The van der Waals surface area contributed by atoms with Crippen molar-refractivity contribution in [1.82, 2.24) is 0 Å². The predicted octanol–water partition coefficient (Wildman–Crippen LogP) is 5.61. The second-order valence-corrected chi connectivity index (χ2v) is 8.46. The fraction of sp³-hybridized carbons (Fsp3) is 0.800. The summed E-state index contributed by atoms with van der Waals surface area (Å²) in [5, 5.41) is 0. The zero-order valence-corrected chi connectivity index (χ0v) is 13.3. The molecule has 110 valence electrons. The molecule has 4 aliphatic rings. The van der Waals surface area contributed by atoms with Crippen LogP contribution in [0.1, 0.15) is 58.8 Å². The topological polar surface area (TPSA) is 0 Å². The third-order valence-electron chi connectivity index (χ3n) is 7.23. The Morgan fingerprint density at radius 2 is 1.80 bits per heavy atom. The van der Waals surface area contributed by atoms with Crippen LogP contribution in [-0.4, -0.2) is 0 Å². The Morgan fingerprint density at radius 1 is 1.05 bits per heavy atom. The van der Waals surface area contributed by atoms with Gasteiger partial charge in [0.05, 0.1) is 0 Å². The first-order valence-corrected chi connectivity index (χ1v) is 9.02. The molecule has 0 heterocycles. The van der Waals surface area contributed by atoms with E-state index in [1.807, 2.05) is 5.57 Å². The normalized spacial score (nSPS) is 50.1. The molecule has 0 radical (unpaired) electrons. The van der Waals surface area contributed by atoms with Crippen molar-refractivity contribution >= 4 is 0 Å². The van der Waals surface area contributed by atoms with Crippen LogP contribution in [0.25, 0.3) is 0 Å². The molecule has 0 spiro atoms. The molecule has 20 heavy (non-hydrogen) atoms. The monoisotopic (exact) mass is 270 g/mol. The van der Waals surface area contributed by atoms with Crippen LogP contribution in [0.5, 0.6) is 0 Å². The van der Waals surface area contributed by atoms with Crippen molar-refractivity contribution < 1.29 is 0 Å². The van der Waals surface area contributed by atoms with Gasteiger partial charge in [-0.2, -0.15) is 0 Å². The zero-order valence-electron chi connectivity index (χ0n) is 13.3. The first-order chi connectivity index (χ1) is 9.63. The van der Waals surface area contributed by atoms with Crippen LogP contribution in [0, 0.1) is 41.4 Å². The minimum atomic E-state index is 0.757. The average Bonchev–Trinajstić information content (AvgIpc) is 2.68. The second kappa shape index (κ2) is 4.75. The van der Waals surface area contributed by atoms with Gasteiger partial charge in [-0.15, -0.1) is 0 Å². The number of rotatable bonds is 2. The van der Waals surface area contributed by atoms with E-state index in [4.69, 9.17) is 0 Å². The van der Waals surface area contributed by atoms with Gasteiger partial charge in [0.2, 0.25) is 0 Å². The predicted molar refractivity (Wildman–Crippen MR) is 85.3 cm³/mol. The van der Waals surface area contributed by atoms with Crippen molar-refractivity contribution in [2.75, 3.05) is 0 Å². The van der Waals surface area contributed by atoms with Crippen molar-refractivity contribution in [3.05, 3.63) is 23.8 Å². The minimum absolute atomic E-state index is 0.757. The van der Waals surface area contributed by atoms with Gasteiger partial charge in [-0.25, -0.2) is 0 Å². The van der Waals surface area contributed by atoms with Crippen molar-refractivity contribution in [3.8, 4) is 0 Å². The van der Waals surface area contributed by atoms with Gasteiger partial charge in [0, 0.05) is 0 Å². The summed E-state index contributed by atoms with van der Waals surface area (Å²) in [6.07, 6.45) is 12.8. The molecule has 0 saturated heterocycles. The highest BCUT2D eigenvalue weighted by molar-refractivity contribution is 5.28. The molecule has 0 aliphatic heterocycles. The molecule has 5 unspecified atom stereocenters. The fourth-order valence-electron chi connectivity index (χ4n) is 6.04. The van der Waals surface area contributed by atoms with Gasteiger partial charge < -0.3 is 0 Å². The Balaban J connectivity index is 1.53. The van der Waals surface area contributed by atoms with E-state index in [0.29, 0.717) is 0 Å². The van der Waals surface area contributed by atoms with E-state index in [1.54, 1.807) is 5.57 Å². The van der Waals surface area contributed by atoms with Crippen LogP contribution < -0.4 is 0 Å². The Bertz CT molecular complexity index is 435. The minimum Gasteiger partial charge on any atom is -0.0993 e. The smallest absolute Gasteiger partial charge is 0.0114 e. The van der Waals surface area contributed by atoms with Crippen LogP contribution in [0.2, 0.25) is 0 Å². The van der Waals surface area contributed by atoms with Crippen molar-refractivity contribution in [3.63, 3.8) is 0 Å². The molecule has 0 aromatic rings. The summed E-state index contributed by atoms with van der Waals surface area (Å²) in [5.74, 6) is 6.36. The summed E-state index contributed by atoms with van der Waals surface area (Å²) in [4.78, 5) is 0. The first kappa shape index (κ1) is 13.2. The summed E-state index contributed by atoms with van der Waals surface area (Å²) in [5.41, 5.74) is 3.46. The van der Waals surface area contributed by atoms with E-state index in [0.717, 1.165) is 41.4 Å². The van der Waals surface area contributed by atoms with Crippen LogP contribution in [-0.2, 0) is 0 Å². The Hall–Kier alpha value is -0.520. The third kappa shape index (κ3) is 1.94. The van der Waals surface area contributed by atoms with Gasteiger partial charge >= 0.3 is 0 Å². The molecule has 3 saturated carbocycles. The maximum absolute atomic E-state index is 4.65. The molecule has 0 N–H and O–H groups in total. The van der Waals surface area contributed by atoms with E-state index in [-0.39, 0.29) is 0 Å². The van der Waals surface area contributed by atoms with E-state index >= 15 is 0 Å². The van der Waals surface area contributed by atoms with Gasteiger partial charge in [-0.3, -0.25) is 0 Å². The summed E-state index contributed by atoms with van der Waals surface area (Å²) >= 11 is 0. The number of fused-ring (bicyclic) bond motifs is 1. The molecular formula is C20H30. The quantitative estimate of drug-likeness (QED) is 0.572. The van der Waals surface area contributed by atoms with Gasteiger partial charge in [0.1, 0.15) is 0 Å². The number of hydrogen-bond acceptors (Lipinski definition) is 0. The van der Waals surface area contributed by atoms with E-state index in [9.17, 15) is 0 Å². The first-order valence-electron chi connectivity index (χ1n) is 9.02. The lowest BCUT2D eigenvalue weighted by Gasteiger charge is -2.39. The van der Waals surface area contributed by atoms with Crippen molar-refractivity contribution in [1.29, 1.82) is 0 Å². The van der Waals surface area contributed by atoms with Crippen LogP contribution >= 0.6 is 0 Å². The lowest BCUT2D eigenvalue weighted by atomic mass is 9.66. The van der Waals surface area contributed by atoms with E-state index in [1.165, 1.54) is 44.9 Å². The Kier molecular flexibility index (Phi) is 3.13. The van der Waals surface area contributed by atoms with Gasteiger partial charge in [0.15, 0.2) is 0 Å². The molecule has 5 atom stereocenters. The molecule has 0 heteroatoms. The molecule has 2 bridgehead atoms. The van der Waals surface area contributed by atoms with Gasteiger partial charge in [-0.05, 0) is 73.5 Å². The lowest BCUT2D eigenvalue weighted by molar-refractivity contribution is 0.246. The van der Waals surface area contributed by atoms with Gasteiger partial charge in [-0.1, -0.05) is 50.5 Å². The highest BCUT2D eigenvalue weighted by Gasteiger charge is 2.50. The standard InChI is InChI=1S/C20H30/c1-12-4-6-15(7-5-12)14(3)20-13(2)8-16-9-17-10-18(20)11-19(16)17/h8,12-13,15,17-20H,3-7,9-11H2,1-2H3. The largest absolute Gasteiger partial charge is 0.0993 e. The lowest BCUT2D eigenvalue weighted by Crippen LogP contribution is -2.29. The SMILES string of the molecule is C=C(C1CCC(C)CC1)C1C(C)C=C2CC3CC1CC23. The molecule has 3 fully saturated rings. The molecule has 0 aromatic heterocycles. The summed E-state index contributed by atoms with van der Waals surface area (Å²) in [6.45, 7) is 9.54.